The lowest BCUT2D eigenvalue weighted by atomic mass is 10.2. The van der Waals surface area contributed by atoms with Crippen LogP contribution >= 0.6 is 35.6 Å². The van der Waals surface area contributed by atoms with Gasteiger partial charge in [-0.2, -0.15) is 0 Å². The quantitative estimate of drug-likeness (QED) is 0.868. The molecule has 1 saturated heterocycles. The van der Waals surface area contributed by atoms with Crippen molar-refractivity contribution < 1.29 is 14.3 Å². The first-order valence-corrected chi connectivity index (χ1v) is 6.28. The predicted molar refractivity (Wildman–Crippen MR) is 76.5 cm³/mol. The molecular weight excluding hydrogens is 312 g/mol. The molecule has 1 aliphatic rings. The number of hydrogen-bond acceptors (Lipinski definition) is 4. The van der Waals surface area contributed by atoms with Gasteiger partial charge in [0.1, 0.15) is 17.9 Å². The van der Waals surface area contributed by atoms with Crippen LogP contribution in [0.3, 0.4) is 0 Å². The maximum Gasteiger partial charge on any atom is 0.323 e. The molecule has 0 bridgehead atoms. The summed E-state index contributed by atoms with van der Waals surface area (Å²) in [4.78, 5) is 11.3. The van der Waals surface area contributed by atoms with E-state index in [-0.39, 0.29) is 30.5 Å². The average Bonchev–Trinajstić information content (AvgIpc) is 2.81. The van der Waals surface area contributed by atoms with Crippen molar-refractivity contribution in [3.05, 3.63) is 28.2 Å². The summed E-state index contributed by atoms with van der Waals surface area (Å²) in [6, 6.07) is 4.79. The topological polar surface area (TPSA) is 47.6 Å². The van der Waals surface area contributed by atoms with Gasteiger partial charge in [-0.25, -0.2) is 0 Å². The molecule has 2 rings (SSSR count). The Labute approximate surface area is 127 Å². The van der Waals surface area contributed by atoms with E-state index in [0.29, 0.717) is 28.8 Å². The average molecular weight is 327 g/mol. The minimum atomic E-state index is -0.303. The zero-order valence-corrected chi connectivity index (χ0v) is 12.5. The molecular formula is C12H14Cl3NO3. The van der Waals surface area contributed by atoms with E-state index in [0.717, 1.165) is 0 Å². The molecule has 0 aliphatic carbocycles. The lowest BCUT2D eigenvalue weighted by Crippen LogP contribution is -2.31. The Morgan fingerprint density at radius 2 is 2.11 bits per heavy atom. The number of methoxy groups -OCH3 is 1. The number of nitrogens with one attached hydrogen (secondary N) is 1. The Kier molecular flexibility index (Phi) is 6.20. The van der Waals surface area contributed by atoms with Crippen LogP contribution in [0.2, 0.25) is 10.0 Å². The highest BCUT2D eigenvalue weighted by Gasteiger charge is 2.31. The molecule has 2 atom stereocenters. The van der Waals surface area contributed by atoms with Gasteiger partial charge in [0.2, 0.25) is 0 Å². The molecule has 1 heterocycles. The second-order valence-electron chi connectivity index (χ2n) is 4.04. The van der Waals surface area contributed by atoms with Gasteiger partial charge < -0.3 is 14.8 Å². The predicted octanol–water partition coefficient (Wildman–Crippen LogP) is 2.70. The summed E-state index contributed by atoms with van der Waals surface area (Å²) < 4.78 is 10.4. The Balaban J connectivity index is 0.00000180. The Hall–Kier alpha value is -0.680. The van der Waals surface area contributed by atoms with Crippen LogP contribution in [0.15, 0.2) is 18.2 Å². The summed E-state index contributed by atoms with van der Waals surface area (Å²) >= 11 is 11.7. The first-order chi connectivity index (χ1) is 8.60. The van der Waals surface area contributed by atoms with Gasteiger partial charge in [0.05, 0.1) is 17.2 Å². The zero-order valence-electron chi connectivity index (χ0n) is 10.2. The minimum Gasteiger partial charge on any atom is -0.489 e. The third kappa shape index (κ3) is 4.14. The van der Waals surface area contributed by atoms with E-state index in [9.17, 15) is 4.79 Å². The number of benzene rings is 1. The van der Waals surface area contributed by atoms with E-state index < -0.39 is 0 Å². The van der Waals surface area contributed by atoms with E-state index in [2.05, 4.69) is 10.1 Å². The van der Waals surface area contributed by atoms with Crippen molar-refractivity contribution in [1.29, 1.82) is 0 Å². The summed E-state index contributed by atoms with van der Waals surface area (Å²) in [7, 11) is 1.37. The molecule has 0 saturated carbocycles. The van der Waals surface area contributed by atoms with Crippen LogP contribution in [-0.4, -0.2) is 31.8 Å². The summed E-state index contributed by atoms with van der Waals surface area (Å²) in [5, 5.41) is 3.98. The van der Waals surface area contributed by atoms with E-state index in [1.54, 1.807) is 18.2 Å². The third-order valence-corrected chi connectivity index (χ3v) is 3.51. The first-order valence-electron chi connectivity index (χ1n) is 5.53. The maximum atomic E-state index is 11.3. The van der Waals surface area contributed by atoms with Crippen molar-refractivity contribution in [1.82, 2.24) is 5.32 Å². The standard InChI is InChI=1S/C12H13Cl2NO3.ClH/c1-17-12(16)11-5-8(6-15-11)18-7-2-3-9(13)10(14)4-7;/h2-4,8,11,15H,5-6H2,1H3;1H. The molecule has 0 radical (unpaired) electrons. The fourth-order valence-corrected chi connectivity index (χ4v) is 2.15. The van der Waals surface area contributed by atoms with Gasteiger partial charge in [-0.05, 0) is 12.1 Å². The van der Waals surface area contributed by atoms with Crippen molar-refractivity contribution >= 4 is 41.6 Å². The normalized spacial score (nSPS) is 21.6. The third-order valence-electron chi connectivity index (χ3n) is 2.77. The number of carbonyl (C=O) groups excluding carboxylic acids is 1. The van der Waals surface area contributed by atoms with Crippen LogP contribution < -0.4 is 10.1 Å². The Bertz CT molecular complexity index is 456. The van der Waals surface area contributed by atoms with Gasteiger partial charge in [-0.3, -0.25) is 4.79 Å². The molecule has 1 aromatic rings. The lowest BCUT2D eigenvalue weighted by Gasteiger charge is -2.13. The number of ether oxygens (including phenoxy) is 2. The Morgan fingerprint density at radius 3 is 2.74 bits per heavy atom. The summed E-state index contributed by atoms with van der Waals surface area (Å²) in [6.45, 7) is 0.597. The summed E-state index contributed by atoms with van der Waals surface area (Å²) in [5.74, 6) is 0.372. The van der Waals surface area contributed by atoms with Crippen LogP contribution in [-0.2, 0) is 9.53 Å². The van der Waals surface area contributed by atoms with Gasteiger partial charge in [0.25, 0.3) is 0 Å². The molecule has 0 spiro atoms. The van der Waals surface area contributed by atoms with E-state index in [1.807, 2.05) is 0 Å². The Morgan fingerprint density at radius 1 is 1.37 bits per heavy atom. The fourth-order valence-electron chi connectivity index (χ4n) is 1.86. The molecule has 4 nitrogen and oxygen atoms in total. The van der Waals surface area contributed by atoms with Crippen molar-refractivity contribution in [2.75, 3.05) is 13.7 Å². The van der Waals surface area contributed by atoms with E-state index in [1.165, 1.54) is 7.11 Å². The van der Waals surface area contributed by atoms with Crippen LogP contribution in [0.5, 0.6) is 5.75 Å². The van der Waals surface area contributed by atoms with E-state index in [4.69, 9.17) is 27.9 Å². The van der Waals surface area contributed by atoms with Crippen LogP contribution in [0.25, 0.3) is 0 Å². The minimum absolute atomic E-state index is 0. The molecule has 106 valence electrons. The van der Waals surface area contributed by atoms with Crippen molar-refractivity contribution in [3.8, 4) is 5.75 Å². The zero-order chi connectivity index (χ0) is 13.1. The smallest absolute Gasteiger partial charge is 0.323 e. The highest BCUT2D eigenvalue weighted by molar-refractivity contribution is 6.42. The highest BCUT2D eigenvalue weighted by Crippen LogP contribution is 2.27. The van der Waals surface area contributed by atoms with Crippen LogP contribution in [0, 0.1) is 0 Å². The largest absolute Gasteiger partial charge is 0.489 e. The van der Waals surface area contributed by atoms with Crippen molar-refractivity contribution in [3.63, 3.8) is 0 Å². The van der Waals surface area contributed by atoms with Gasteiger partial charge >= 0.3 is 5.97 Å². The summed E-state index contributed by atoms with van der Waals surface area (Å²) in [5.41, 5.74) is 0. The van der Waals surface area contributed by atoms with Crippen LogP contribution in [0.1, 0.15) is 6.42 Å². The molecule has 0 amide bonds. The van der Waals surface area contributed by atoms with Crippen molar-refractivity contribution in [2.45, 2.75) is 18.6 Å². The summed E-state index contributed by atoms with van der Waals surface area (Å²) in [6.07, 6.45) is 0.499. The molecule has 0 aromatic heterocycles. The molecule has 19 heavy (non-hydrogen) atoms. The SMILES string of the molecule is COC(=O)C1CC(Oc2ccc(Cl)c(Cl)c2)CN1.Cl. The van der Waals surface area contributed by atoms with Gasteiger partial charge in [-0.1, -0.05) is 23.2 Å². The number of rotatable bonds is 3. The monoisotopic (exact) mass is 325 g/mol. The lowest BCUT2D eigenvalue weighted by molar-refractivity contribution is -0.142. The molecule has 2 unspecified atom stereocenters. The maximum absolute atomic E-state index is 11.3. The van der Waals surface area contributed by atoms with Gasteiger partial charge in [0.15, 0.2) is 0 Å². The number of hydrogen-bond donors (Lipinski definition) is 1. The number of halogens is 3. The second-order valence-corrected chi connectivity index (χ2v) is 4.85. The fraction of sp³-hybridized carbons (Fsp3) is 0.417. The van der Waals surface area contributed by atoms with Gasteiger partial charge in [0, 0.05) is 19.0 Å². The van der Waals surface area contributed by atoms with Crippen molar-refractivity contribution in [2.24, 2.45) is 0 Å². The highest BCUT2D eigenvalue weighted by atomic mass is 35.5. The molecule has 1 fully saturated rings. The number of carbonyl (C=O) groups is 1. The first kappa shape index (κ1) is 16.4. The molecule has 7 heteroatoms. The van der Waals surface area contributed by atoms with Gasteiger partial charge in [-0.15, -0.1) is 12.4 Å². The van der Waals surface area contributed by atoms with E-state index >= 15 is 0 Å². The molecule has 1 N–H and O–H groups in total. The molecule has 1 aromatic carbocycles. The number of esters is 1. The second kappa shape index (κ2) is 7.20. The molecule has 1 aliphatic heterocycles. The van der Waals surface area contributed by atoms with Crippen LogP contribution in [0.4, 0.5) is 0 Å².